The molecule has 7 heteroatoms. The summed E-state index contributed by atoms with van der Waals surface area (Å²) in [7, 11) is 1.48. The molecule has 2 atom stereocenters. The van der Waals surface area contributed by atoms with Crippen LogP contribution in [0.3, 0.4) is 0 Å². The first-order valence-corrected chi connectivity index (χ1v) is 7.79. The van der Waals surface area contributed by atoms with Gasteiger partial charge in [0.1, 0.15) is 5.75 Å². The molecule has 2 fully saturated rings. The van der Waals surface area contributed by atoms with Crippen molar-refractivity contribution in [1.82, 2.24) is 4.90 Å². The molecule has 0 aliphatic carbocycles. The number of carboxylic acids is 1. The average Bonchev–Trinajstić information content (AvgIpc) is 2.95. The van der Waals surface area contributed by atoms with Crippen LogP contribution in [0.25, 0.3) is 0 Å². The van der Waals surface area contributed by atoms with Crippen molar-refractivity contribution in [2.24, 2.45) is 11.3 Å². The minimum atomic E-state index is -0.917. The Bertz CT molecular complexity index is 649. The van der Waals surface area contributed by atoms with E-state index in [-0.39, 0.29) is 18.4 Å². The molecule has 0 unspecified atom stereocenters. The Morgan fingerprint density at radius 1 is 1.48 bits per heavy atom. The van der Waals surface area contributed by atoms with Gasteiger partial charge in [0, 0.05) is 30.6 Å². The first-order chi connectivity index (χ1) is 11.0. The third-order valence-electron chi connectivity index (χ3n) is 4.81. The lowest BCUT2D eigenvalue weighted by Crippen LogP contribution is -2.45. The molecule has 0 saturated carbocycles. The molecule has 1 aromatic carbocycles. The van der Waals surface area contributed by atoms with Gasteiger partial charge in [0.25, 0.3) is 5.91 Å². The number of hydrogen-bond acceptors (Lipinski definition) is 4. The summed E-state index contributed by atoms with van der Waals surface area (Å²) in [5.41, 5.74) is -0.570. The summed E-state index contributed by atoms with van der Waals surface area (Å²) < 4.78 is 10.6. The third-order valence-corrected chi connectivity index (χ3v) is 5.05. The van der Waals surface area contributed by atoms with Crippen molar-refractivity contribution in [2.75, 3.05) is 33.4 Å². The van der Waals surface area contributed by atoms with Gasteiger partial charge in [-0.2, -0.15) is 0 Å². The zero-order valence-corrected chi connectivity index (χ0v) is 13.5. The molecule has 0 spiro atoms. The molecule has 1 amide bonds. The third kappa shape index (κ3) is 2.66. The maximum Gasteiger partial charge on any atom is 0.311 e. The number of nitrogens with zero attached hydrogens (tertiary/aromatic N) is 1. The molecule has 124 valence electrons. The number of carbonyl (C=O) groups excluding carboxylic acids is 1. The van der Waals surface area contributed by atoms with Crippen molar-refractivity contribution in [3.8, 4) is 5.75 Å². The molecule has 1 N–H and O–H groups in total. The molecule has 2 saturated heterocycles. The number of likely N-dealkylation sites (tertiary alicyclic amines) is 1. The van der Waals surface area contributed by atoms with Gasteiger partial charge in [0.15, 0.2) is 0 Å². The van der Waals surface area contributed by atoms with Crippen LogP contribution in [0.15, 0.2) is 18.2 Å². The van der Waals surface area contributed by atoms with E-state index in [1.165, 1.54) is 7.11 Å². The normalized spacial score (nSPS) is 26.7. The maximum atomic E-state index is 12.8. The lowest BCUT2D eigenvalue weighted by Gasteiger charge is -2.33. The first kappa shape index (κ1) is 16.1. The van der Waals surface area contributed by atoms with Gasteiger partial charge in [-0.05, 0) is 24.6 Å². The van der Waals surface area contributed by atoms with Gasteiger partial charge in [-0.3, -0.25) is 9.59 Å². The van der Waals surface area contributed by atoms with Gasteiger partial charge < -0.3 is 19.5 Å². The number of rotatable bonds is 3. The van der Waals surface area contributed by atoms with Crippen LogP contribution in [0.1, 0.15) is 16.8 Å². The van der Waals surface area contributed by atoms with E-state index in [0.717, 1.165) is 0 Å². The van der Waals surface area contributed by atoms with E-state index in [4.69, 9.17) is 21.1 Å². The standard InChI is InChI=1S/C16H18ClNO5/c1-22-13-3-2-11(17)6-12(13)14(19)18-7-10-8-23-5-4-16(10,9-18)15(20)21/h2-3,6,10H,4-5,7-9H2,1H3,(H,20,21)/t10-,16+/m0/s1. The van der Waals surface area contributed by atoms with Gasteiger partial charge in [0.05, 0.1) is 24.7 Å². The number of amides is 1. The topological polar surface area (TPSA) is 76.1 Å². The molecule has 6 nitrogen and oxygen atoms in total. The van der Waals surface area contributed by atoms with E-state index in [0.29, 0.717) is 42.5 Å². The number of halogens is 1. The fourth-order valence-electron chi connectivity index (χ4n) is 3.47. The van der Waals surface area contributed by atoms with Crippen LogP contribution in [0.4, 0.5) is 0 Å². The van der Waals surface area contributed by atoms with Crippen LogP contribution in [-0.2, 0) is 9.53 Å². The fraction of sp³-hybridized carbons (Fsp3) is 0.500. The van der Waals surface area contributed by atoms with Gasteiger partial charge in [-0.15, -0.1) is 0 Å². The summed E-state index contributed by atoms with van der Waals surface area (Å²) in [5.74, 6) is -0.892. The van der Waals surface area contributed by atoms with Crippen LogP contribution in [-0.4, -0.2) is 55.3 Å². The van der Waals surface area contributed by atoms with Gasteiger partial charge in [-0.25, -0.2) is 0 Å². The van der Waals surface area contributed by atoms with Gasteiger partial charge >= 0.3 is 5.97 Å². The first-order valence-electron chi connectivity index (χ1n) is 7.42. The highest BCUT2D eigenvalue weighted by Gasteiger charge is 2.55. The smallest absolute Gasteiger partial charge is 0.311 e. The van der Waals surface area contributed by atoms with Crippen LogP contribution in [0.2, 0.25) is 5.02 Å². The molecular weight excluding hydrogens is 322 g/mol. The predicted molar refractivity (Wildman–Crippen MR) is 82.9 cm³/mol. The van der Waals surface area contributed by atoms with E-state index in [2.05, 4.69) is 0 Å². The summed E-state index contributed by atoms with van der Waals surface area (Å²) >= 11 is 5.98. The predicted octanol–water partition coefficient (Wildman–Crippen LogP) is 1.91. The highest BCUT2D eigenvalue weighted by molar-refractivity contribution is 6.31. The summed E-state index contributed by atoms with van der Waals surface area (Å²) in [4.78, 5) is 26.2. The number of methoxy groups -OCH3 is 1. The van der Waals surface area contributed by atoms with Gasteiger partial charge in [-0.1, -0.05) is 11.6 Å². The molecule has 0 bridgehead atoms. The number of aliphatic carboxylic acids is 1. The lowest BCUT2D eigenvalue weighted by atomic mass is 9.74. The van der Waals surface area contributed by atoms with E-state index in [1.807, 2.05) is 0 Å². The Hall–Kier alpha value is -1.79. The highest BCUT2D eigenvalue weighted by atomic mass is 35.5. The molecule has 0 aromatic heterocycles. The molecule has 2 aliphatic rings. The van der Waals surface area contributed by atoms with E-state index < -0.39 is 11.4 Å². The Morgan fingerprint density at radius 2 is 2.26 bits per heavy atom. The second-order valence-electron chi connectivity index (χ2n) is 6.01. The molecule has 2 heterocycles. The molecular formula is C16H18ClNO5. The molecule has 0 radical (unpaired) electrons. The fourth-order valence-corrected chi connectivity index (χ4v) is 3.64. The average molecular weight is 340 g/mol. The molecule has 23 heavy (non-hydrogen) atoms. The number of carbonyl (C=O) groups is 2. The van der Waals surface area contributed by atoms with E-state index >= 15 is 0 Å². The van der Waals surface area contributed by atoms with Crippen molar-refractivity contribution in [2.45, 2.75) is 6.42 Å². The summed E-state index contributed by atoms with van der Waals surface area (Å²) in [6.07, 6.45) is 0.420. The number of carboxylic acid groups (broad SMARTS) is 1. The minimum Gasteiger partial charge on any atom is -0.496 e. The van der Waals surface area contributed by atoms with Crippen LogP contribution in [0, 0.1) is 11.3 Å². The zero-order valence-electron chi connectivity index (χ0n) is 12.8. The van der Waals surface area contributed by atoms with Crippen LogP contribution >= 0.6 is 11.6 Å². The second kappa shape index (κ2) is 6.02. The number of ether oxygens (including phenoxy) is 2. The molecule has 3 rings (SSSR count). The Morgan fingerprint density at radius 3 is 2.91 bits per heavy atom. The number of fused-ring (bicyclic) bond motifs is 1. The summed E-state index contributed by atoms with van der Waals surface area (Å²) in [5, 5.41) is 10.1. The Labute approximate surface area is 138 Å². The van der Waals surface area contributed by atoms with E-state index in [1.54, 1.807) is 23.1 Å². The van der Waals surface area contributed by atoms with Crippen LogP contribution in [0.5, 0.6) is 5.75 Å². The Balaban J connectivity index is 1.90. The Kier molecular flexibility index (Phi) is 4.21. The summed E-state index contributed by atoms with van der Waals surface area (Å²) in [6.45, 7) is 1.32. The monoisotopic (exact) mass is 339 g/mol. The van der Waals surface area contributed by atoms with E-state index in [9.17, 15) is 14.7 Å². The molecule has 2 aliphatic heterocycles. The second-order valence-corrected chi connectivity index (χ2v) is 6.45. The largest absolute Gasteiger partial charge is 0.496 e. The van der Waals surface area contributed by atoms with Crippen molar-refractivity contribution < 1.29 is 24.2 Å². The lowest BCUT2D eigenvalue weighted by molar-refractivity contribution is -0.157. The number of benzene rings is 1. The SMILES string of the molecule is COc1ccc(Cl)cc1C(=O)N1C[C@H]2COCC[C@@]2(C(=O)O)C1. The van der Waals surface area contributed by atoms with Crippen LogP contribution < -0.4 is 4.74 Å². The number of hydrogen-bond donors (Lipinski definition) is 1. The quantitative estimate of drug-likeness (QED) is 0.910. The van der Waals surface area contributed by atoms with Crippen molar-refractivity contribution in [3.63, 3.8) is 0 Å². The maximum absolute atomic E-state index is 12.8. The van der Waals surface area contributed by atoms with Crippen molar-refractivity contribution >= 4 is 23.5 Å². The molecule has 1 aromatic rings. The van der Waals surface area contributed by atoms with Crippen molar-refractivity contribution in [3.05, 3.63) is 28.8 Å². The summed E-state index contributed by atoms with van der Waals surface area (Å²) in [6, 6.07) is 4.83. The van der Waals surface area contributed by atoms with Crippen molar-refractivity contribution in [1.29, 1.82) is 0 Å². The highest BCUT2D eigenvalue weighted by Crippen LogP contribution is 2.43. The zero-order chi connectivity index (χ0) is 16.6. The minimum absolute atomic E-state index is 0.185. The van der Waals surface area contributed by atoms with Gasteiger partial charge in [0.2, 0.25) is 0 Å².